The first-order valence-corrected chi connectivity index (χ1v) is 7.50. The van der Waals surface area contributed by atoms with Crippen LogP contribution in [0.5, 0.6) is 0 Å². The Hall–Kier alpha value is -0.480. The molecule has 4 heteroatoms. The van der Waals surface area contributed by atoms with Crippen molar-refractivity contribution in [2.45, 2.75) is 59.4 Å². The van der Waals surface area contributed by atoms with E-state index in [0.717, 1.165) is 18.9 Å². The van der Waals surface area contributed by atoms with E-state index in [1.54, 1.807) is 11.5 Å². The zero-order valence-electron chi connectivity index (χ0n) is 11.5. The Morgan fingerprint density at radius 2 is 2.00 bits per heavy atom. The molecule has 0 saturated carbocycles. The van der Waals surface area contributed by atoms with E-state index < -0.39 is 0 Å². The fourth-order valence-electron chi connectivity index (χ4n) is 2.03. The molecule has 1 heterocycles. The molecular formula is C13H25N3S. The first kappa shape index (κ1) is 14.6. The van der Waals surface area contributed by atoms with Crippen LogP contribution in [0, 0.1) is 5.92 Å². The third-order valence-electron chi connectivity index (χ3n) is 2.96. The predicted octanol–water partition coefficient (Wildman–Crippen LogP) is 3.58. The molecule has 1 unspecified atom stereocenters. The number of hydrogen-bond donors (Lipinski definition) is 1. The highest BCUT2D eigenvalue weighted by molar-refractivity contribution is 7.05. The van der Waals surface area contributed by atoms with Crippen molar-refractivity contribution in [3.05, 3.63) is 10.6 Å². The maximum absolute atomic E-state index is 4.21. The summed E-state index contributed by atoms with van der Waals surface area (Å²) in [6, 6.07) is 0.452. The molecule has 0 aliphatic carbocycles. The normalized spacial score (nSPS) is 13.2. The van der Waals surface area contributed by atoms with Crippen LogP contribution in [0.1, 0.15) is 63.6 Å². The summed E-state index contributed by atoms with van der Waals surface area (Å²) in [7, 11) is 0. The SMILES string of the molecule is CCNC(CCCC(C)C)c1snnc1CC. The molecule has 1 N–H and O–H groups in total. The monoisotopic (exact) mass is 255 g/mol. The molecule has 3 nitrogen and oxygen atoms in total. The minimum Gasteiger partial charge on any atom is -0.309 e. The van der Waals surface area contributed by atoms with Gasteiger partial charge in [0.15, 0.2) is 0 Å². The Morgan fingerprint density at radius 3 is 2.59 bits per heavy atom. The standard InChI is InChI=1S/C13H25N3S/c1-5-11-13(17-16-15-11)12(14-6-2)9-7-8-10(3)4/h10,12,14H,5-9H2,1-4H3. The van der Waals surface area contributed by atoms with Gasteiger partial charge in [0.25, 0.3) is 0 Å². The van der Waals surface area contributed by atoms with Crippen LogP contribution in [-0.4, -0.2) is 16.1 Å². The number of nitrogens with zero attached hydrogens (tertiary/aromatic N) is 2. The summed E-state index contributed by atoms with van der Waals surface area (Å²) < 4.78 is 4.09. The fraction of sp³-hybridized carbons (Fsp3) is 0.846. The van der Waals surface area contributed by atoms with E-state index in [2.05, 4.69) is 42.6 Å². The van der Waals surface area contributed by atoms with E-state index in [-0.39, 0.29) is 0 Å². The van der Waals surface area contributed by atoms with Gasteiger partial charge in [-0.05, 0) is 36.8 Å². The number of aryl methyl sites for hydroxylation is 1. The summed E-state index contributed by atoms with van der Waals surface area (Å²) in [5.74, 6) is 0.794. The Balaban J connectivity index is 2.58. The zero-order chi connectivity index (χ0) is 12.7. The van der Waals surface area contributed by atoms with Gasteiger partial charge in [-0.1, -0.05) is 45.0 Å². The van der Waals surface area contributed by atoms with Gasteiger partial charge in [-0.25, -0.2) is 0 Å². The Bertz CT molecular complexity index is 309. The van der Waals surface area contributed by atoms with Crippen molar-refractivity contribution in [1.29, 1.82) is 0 Å². The van der Waals surface area contributed by atoms with Crippen molar-refractivity contribution in [2.24, 2.45) is 5.92 Å². The lowest BCUT2D eigenvalue weighted by atomic mass is 10.0. The van der Waals surface area contributed by atoms with Crippen molar-refractivity contribution >= 4 is 11.5 Å². The van der Waals surface area contributed by atoms with Gasteiger partial charge < -0.3 is 5.32 Å². The topological polar surface area (TPSA) is 37.8 Å². The van der Waals surface area contributed by atoms with E-state index in [0.29, 0.717) is 6.04 Å². The first-order chi connectivity index (χ1) is 8.19. The Labute approximate surface area is 109 Å². The summed E-state index contributed by atoms with van der Waals surface area (Å²) in [5.41, 5.74) is 1.17. The molecule has 0 bridgehead atoms. The molecule has 0 aromatic carbocycles. The quantitative estimate of drug-likeness (QED) is 0.771. The van der Waals surface area contributed by atoms with Gasteiger partial charge >= 0.3 is 0 Å². The van der Waals surface area contributed by atoms with E-state index in [9.17, 15) is 0 Å². The van der Waals surface area contributed by atoms with Gasteiger partial charge in [0, 0.05) is 6.04 Å². The molecule has 0 radical (unpaired) electrons. The molecule has 0 spiro atoms. The van der Waals surface area contributed by atoms with Gasteiger partial charge in [-0.3, -0.25) is 0 Å². The average Bonchev–Trinajstić information content (AvgIpc) is 2.75. The van der Waals surface area contributed by atoms with Crippen LogP contribution in [0.25, 0.3) is 0 Å². The van der Waals surface area contributed by atoms with Gasteiger partial charge in [-0.2, -0.15) is 0 Å². The molecule has 0 saturated heterocycles. The third kappa shape index (κ3) is 4.72. The van der Waals surface area contributed by atoms with E-state index in [1.165, 1.54) is 29.8 Å². The van der Waals surface area contributed by atoms with Crippen LogP contribution in [0.4, 0.5) is 0 Å². The largest absolute Gasteiger partial charge is 0.309 e. The maximum Gasteiger partial charge on any atom is 0.0800 e. The lowest BCUT2D eigenvalue weighted by Crippen LogP contribution is -2.21. The van der Waals surface area contributed by atoms with Crippen LogP contribution in [-0.2, 0) is 6.42 Å². The smallest absolute Gasteiger partial charge is 0.0800 e. The minimum absolute atomic E-state index is 0.452. The van der Waals surface area contributed by atoms with E-state index >= 15 is 0 Å². The highest BCUT2D eigenvalue weighted by Gasteiger charge is 2.17. The number of nitrogens with one attached hydrogen (secondary N) is 1. The molecule has 0 amide bonds. The van der Waals surface area contributed by atoms with Crippen LogP contribution in [0.3, 0.4) is 0 Å². The van der Waals surface area contributed by atoms with Gasteiger partial charge in [-0.15, -0.1) is 5.10 Å². The molecule has 0 fully saturated rings. The van der Waals surface area contributed by atoms with Crippen LogP contribution in [0.2, 0.25) is 0 Å². The molecule has 1 atom stereocenters. The minimum atomic E-state index is 0.452. The summed E-state index contributed by atoms with van der Waals surface area (Å²) in [6.07, 6.45) is 4.76. The predicted molar refractivity (Wildman–Crippen MR) is 74.4 cm³/mol. The van der Waals surface area contributed by atoms with Crippen LogP contribution >= 0.6 is 11.5 Å². The highest BCUT2D eigenvalue weighted by atomic mass is 32.1. The number of aromatic nitrogens is 2. The molecule has 0 aliphatic heterocycles. The summed E-state index contributed by atoms with van der Waals surface area (Å²) >= 11 is 1.56. The van der Waals surface area contributed by atoms with E-state index in [1.807, 2.05) is 0 Å². The number of hydrogen-bond acceptors (Lipinski definition) is 4. The Morgan fingerprint density at radius 1 is 1.24 bits per heavy atom. The van der Waals surface area contributed by atoms with Gasteiger partial charge in [0.1, 0.15) is 0 Å². The van der Waals surface area contributed by atoms with Crippen molar-refractivity contribution in [2.75, 3.05) is 6.54 Å². The zero-order valence-corrected chi connectivity index (χ0v) is 12.3. The summed E-state index contributed by atoms with van der Waals surface area (Å²) in [6.45, 7) is 9.89. The summed E-state index contributed by atoms with van der Waals surface area (Å²) in [5, 5.41) is 7.77. The second-order valence-corrected chi connectivity index (χ2v) is 5.66. The van der Waals surface area contributed by atoms with Crippen molar-refractivity contribution in [1.82, 2.24) is 14.9 Å². The van der Waals surface area contributed by atoms with Crippen molar-refractivity contribution < 1.29 is 0 Å². The van der Waals surface area contributed by atoms with Crippen molar-refractivity contribution in [3.8, 4) is 0 Å². The molecule has 0 aliphatic rings. The number of rotatable bonds is 8. The van der Waals surface area contributed by atoms with Gasteiger partial charge in [0.2, 0.25) is 0 Å². The molecule has 17 heavy (non-hydrogen) atoms. The molecule has 98 valence electrons. The summed E-state index contributed by atoms with van der Waals surface area (Å²) in [4.78, 5) is 1.35. The lowest BCUT2D eigenvalue weighted by molar-refractivity contribution is 0.457. The van der Waals surface area contributed by atoms with Crippen LogP contribution < -0.4 is 5.32 Å². The van der Waals surface area contributed by atoms with Crippen molar-refractivity contribution in [3.63, 3.8) is 0 Å². The average molecular weight is 255 g/mol. The molecule has 1 rings (SSSR count). The second-order valence-electron chi connectivity index (χ2n) is 4.87. The van der Waals surface area contributed by atoms with E-state index in [4.69, 9.17) is 0 Å². The molecular weight excluding hydrogens is 230 g/mol. The first-order valence-electron chi connectivity index (χ1n) is 6.73. The fourth-order valence-corrected chi connectivity index (χ4v) is 2.87. The highest BCUT2D eigenvalue weighted by Crippen LogP contribution is 2.26. The Kier molecular flexibility index (Phi) is 6.66. The third-order valence-corrected chi connectivity index (χ3v) is 3.84. The van der Waals surface area contributed by atoms with Gasteiger partial charge in [0.05, 0.1) is 10.6 Å². The van der Waals surface area contributed by atoms with Crippen LogP contribution in [0.15, 0.2) is 0 Å². The maximum atomic E-state index is 4.21. The molecule has 1 aromatic rings. The second kappa shape index (κ2) is 7.77. The molecule has 1 aromatic heterocycles. The lowest BCUT2D eigenvalue weighted by Gasteiger charge is -2.17.